The molecular formula is C22H37N3O2. The van der Waals surface area contributed by atoms with Crippen LogP contribution in [-0.2, 0) is 4.79 Å². The average molecular weight is 376 g/mol. The number of fused-ring (bicyclic) bond motifs is 1. The third-order valence-corrected chi connectivity index (χ3v) is 4.10. The number of rotatable bonds is 8. The average Bonchev–Trinajstić information content (AvgIpc) is 2.67. The predicted molar refractivity (Wildman–Crippen MR) is 116 cm³/mol. The molecule has 0 aliphatic rings. The third kappa shape index (κ3) is 11.2. The highest BCUT2D eigenvalue weighted by Crippen LogP contribution is 2.16. The van der Waals surface area contributed by atoms with Gasteiger partial charge in [0.25, 0.3) is 0 Å². The molecular weight excluding hydrogens is 338 g/mol. The van der Waals surface area contributed by atoms with E-state index in [2.05, 4.69) is 11.9 Å². The van der Waals surface area contributed by atoms with Gasteiger partial charge in [-0.2, -0.15) is 0 Å². The molecule has 27 heavy (non-hydrogen) atoms. The Balaban J connectivity index is 0.000000395. The Morgan fingerprint density at radius 2 is 1.67 bits per heavy atom. The standard InChI is InChI=1S/C9H8N2.C8H16O2.C5H13N/c10-8-5-1-3-7-4-2-6-11-9(7)8;1-3-5-7(6-4-2)8(9)10;1-2-3-4-5-6/h1-6H,10H2;7H,3-6H2,1-2H3,(H,9,10);2-6H2,1H3. The van der Waals surface area contributed by atoms with Crippen molar-refractivity contribution in [3.63, 3.8) is 0 Å². The number of para-hydroxylation sites is 1. The number of carboxylic acid groups (broad SMARTS) is 1. The first-order valence-electron chi connectivity index (χ1n) is 10.0. The fourth-order valence-electron chi connectivity index (χ4n) is 2.61. The quantitative estimate of drug-likeness (QED) is 0.432. The van der Waals surface area contributed by atoms with Crippen molar-refractivity contribution >= 4 is 22.6 Å². The summed E-state index contributed by atoms with van der Waals surface area (Å²) < 4.78 is 0. The molecule has 5 heteroatoms. The maximum atomic E-state index is 10.5. The van der Waals surface area contributed by atoms with Gasteiger partial charge in [0.05, 0.1) is 17.1 Å². The second-order valence-electron chi connectivity index (χ2n) is 6.53. The number of nitrogens with two attached hydrogens (primary N) is 2. The Kier molecular flexibility index (Phi) is 14.8. The largest absolute Gasteiger partial charge is 0.481 e. The summed E-state index contributed by atoms with van der Waals surface area (Å²) in [5.74, 6) is -0.737. The highest BCUT2D eigenvalue weighted by Gasteiger charge is 2.13. The van der Waals surface area contributed by atoms with E-state index in [0.29, 0.717) is 0 Å². The van der Waals surface area contributed by atoms with E-state index in [1.165, 1.54) is 19.3 Å². The van der Waals surface area contributed by atoms with Crippen LogP contribution in [0.2, 0.25) is 0 Å². The summed E-state index contributed by atoms with van der Waals surface area (Å²) in [4.78, 5) is 14.6. The zero-order valence-electron chi connectivity index (χ0n) is 17.2. The van der Waals surface area contributed by atoms with E-state index in [9.17, 15) is 4.79 Å². The van der Waals surface area contributed by atoms with Gasteiger partial charge >= 0.3 is 5.97 Å². The molecule has 5 N–H and O–H groups in total. The monoisotopic (exact) mass is 375 g/mol. The van der Waals surface area contributed by atoms with Crippen LogP contribution in [0.1, 0.15) is 65.7 Å². The number of unbranched alkanes of at least 4 members (excludes halogenated alkanes) is 2. The molecule has 152 valence electrons. The SMILES string of the molecule is CCCC(CCC)C(=O)O.CCCCCN.Nc1cccc2cccnc12. The Bertz CT molecular complexity index is 616. The third-order valence-electron chi connectivity index (χ3n) is 4.10. The summed E-state index contributed by atoms with van der Waals surface area (Å²) in [6.07, 6.45) is 9.09. The van der Waals surface area contributed by atoms with Gasteiger partial charge in [-0.25, -0.2) is 0 Å². The van der Waals surface area contributed by atoms with E-state index in [0.717, 1.165) is 48.8 Å². The van der Waals surface area contributed by atoms with E-state index >= 15 is 0 Å². The number of aliphatic carboxylic acids is 1. The van der Waals surface area contributed by atoms with Gasteiger partial charge in [-0.05, 0) is 37.9 Å². The number of aromatic nitrogens is 1. The van der Waals surface area contributed by atoms with Gasteiger partial charge in [0.15, 0.2) is 0 Å². The molecule has 1 heterocycles. The molecule has 5 nitrogen and oxygen atoms in total. The van der Waals surface area contributed by atoms with Crippen molar-refractivity contribution in [3.05, 3.63) is 36.5 Å². The van der Waals surface area contributed by atoms with Crippen LogP contribution in [0.5, 0.6) is 0 Å². The minimum atomic E-state index is -0.635. The summed E-state index contributed by atoms with van der Waals surface area (Å²) in [5.41, 5.74) is 12.5. The molecule has 0 saturated carbocycles. The maximum absolute atomic E-state index is 10.5. The van der Waals surface area contributed by atoms with Crippen molar-refractivity contribution in [2.75, 3.05) is 12.3 Å². The highest BCUT2D eigenvalue weighted by molar-refractivity contribution is 5.88. The molecule has 0 radical (unpaired) electrons. The molecule has 0 spiro atoms. The van der Waals surface area contributed by atoms with Crippen LogP contribution in [-0.4, -0.2) is 22.6 Å². The Hall–Kier alpha value is -2.14. The van der Waals surface area contributed by atoms with Crippen molar-refractivity contribution in [2.24, 2.45) is 11.7 Å². The summed E-state index contributed by atoms with van der Waals surface area (Å²) in [5, 5.41) is 9.73. The lowest BCUT2D eigenvalue weighted by Gasteiger charge is -2.07. The lowest BCUT2D eigenvalue weighted by molar-refractivity contribution is -0.142. The molecule has 2 rings (SSSR count). The molecule has 0 aliphatic heterocycles. The number of carbonyl (C=O) groups is 1. The summed E-state index contributed by atoms with van der Waals surface area (Å²) >= 11 is 0. The lowest BCUT2D eigenvalue weighted by Crippen LogP contribution is -2.12. The molecule has 0 amide bonds. The smallest absolute Gasteiger partial charge is 0.306 e. The van der Waals surface area contributed by atoms with E-state index in [4.69, 9.17) is 16.6 Å². The summed E-state index contributed by atoms with van der Waals surface area (Å²) in [6, 6.07) is 9.69. The number of nitrogens with zero attached hydrogens (tertiary/aromatic N) is 1. The Labute approximate surface area is 164 Å². The highest BCUT2D eigenvalue weighted by atomic mass is 16.4. The predicted octanol–water partition coefficient (Wildman–Crippen LogP) is 5.24. The van der Waals surface area contributed by atoms with Gasteiger partial charge in [0, 0.05) is 11.6 Å². The van der Waals surface area contributed by atoms with Crippen molar-refractivity contribution < 1.29 is 9.90 Å². The van der Waals surface area contributed by atoms with Crippen LogP contribution in [0.4, 0.5) is 5.69 Å². The fraction of sp³-hybridized carbons (Fsp3) is 0.545. The van der Waals surface area contributed by atoms with Gasteiger partial charge in [-0.1, -0.05) is 64.7 Å². The second-order valence-corrected chi connectivity index (χ2v) is 6.53. The molecule has 0 unspecified atom stereocenters. The number of carboxylic acids is 1. The number of hydrogen-bond acceptors (Lipinski definition) is 4. The summed E-state index contributed by atoms with van der Waals surface area (Å²) in [7, 11) is 0. The van der Waals surface area contributed by atoms with Gasteiger partial charge in [-0.15, -0.1) is 0 Å². The molecule has 0 bridgehead atoms. The first-order chi connectivity index (χ1) is 13.0. The summed E-state index contributed by atoms with van der Waals surface area (Å²) in [6.45, 7) is 7.07. The first kappa shape index (κ1) is 24.9. The van der Waals surface area contributed by atoms with Gasteiger partial charge < -0.3 is 16.6 Å². The van der Waals surface area contributed by atoms with E-state index < -0.39 is 5.97 Å². The van der Waals surface area contributed by atoms with Gasteiger partial charge in [0.1, 0.15) is 0 Å². The fourth-order valence-corrected chi connectivity index (χ4v) is 2.61. The van der Waals surface area contributed by atoms with Gasteiger partial charge in [-0.3, -0.25) is 9.78 Å². The zero-order chi connectivity index (χ0) is 20.5. The van der Waals surface area contributed by atoms with E-state index in [1.54, 1.807) is 6.20 Å². The van der Waals surface area contributed by atoms with Crippen molar-refractivity contribution in [2.45, 2.75) is 65.7 Å². The van der Waals surface area contributed by atoms with Crippen LogP contribution in [0, 0.1) is 5.92 Å². The van der Waals surface area contributed by atoms with Crippen molar-refractivity contribution in [1.29, 1.82) is 0 Å². The number of pyridine rings is 1. The lowest BCUT2D eigenvalue weighted by atomic mass is 9.99. The van der Waals surface area contributed by atoms with Crippen molar-refractivity contribution in [1.82, 2.24) is 4.98 Å². The molecule has 1 aromatic carbocycles. The molecule has 0 aliphatic carbocycles. The normalized spacial score (nSPS) is 9.96. The maximum Gasteiger partial charge on any atom is 0.306 e. The van der Waals surface area contributed by atoms with Crippen LogP contribution < -0.4 is 11.5 Å². The first-order valence-corrected chi connectivity index (χ1v) is 10.0. The van der Waals surface area contributed by atoms with Crippen molar-refractivity contribution in [3.8, 4) is 0 Å². The number of anilines is 1. The number of benzene rings is 1. The molecule has 0 saturated heterocycles. The van der Waals surface area contributed by atoms with Gasteiger partial charge in [0.2, 0.25) is 0 Å². The number of nitrogen functional groups attached to an aromatic ring is 1. The topological polar surface area (TPSA) is 102 Å². The van der Waals surface area contributed by atoms with Crippen LogP contribution in [0.25, 0.3) is 10.9 Å². The zero-order valence-corrected chi connectivity index (χ0v) is 17.2. The second kappa shape index (κ2) is 16.1. The Morgan fingerprint density at radius 1 is 1.04 bits per heavy atom. The van der Waals surface area contributed by atoms with E-state index in [1.807, 2.05) is 44.2 Å². The minimum Gasteiger partial charge on any atom is -0.481 e. The number of hydrogen-bond donors (Lipinski definition) is 3. The van der Waals surface area contributed by atoms with Crippen LogP contribution in [0.15, 0.2) is 36.5 Å². The Morgan fingerprint density at radius 3 is 2.11 bits per heavy atom. The molecule has 1 aromatic heterocycles. The van der Waals surface area contributed by atoms with E-state index in [-0.39, 0.29) is 5.92 Å². The van der Waals surface area contributed by atoms with Crippen LogP contribution >= 0.6 is 0 Å². The molecule has 0 atom stereocenters. The van der Waals surface area contributed by atoms with Crippen LogP contribution in [0.3, 0.4) is 0 Å². The molecule has 2 aromatic rings. The molecule has 0 fully saturated rings. The minimum absolute atomic E-state index is 0.102.